The number of benzene rings is 2. The second kappa shape index (κ2) is 7.29. The Hall–Kier alpha value is -2.25. The number of ether oxygens (including phenoxy) is 1. The molecule has 2 atom stereocenters. The third-order valence-corrected chi connectivity index (χ3v) is 6.55. The summed E-state index contributed by atoms with van der Waals surface area (Å²) in [4.78, 5) is 12.9. The monoisotopic (exact) mass is 420 g/mol. The number of fused-ring (bicyclic) bond motifs is 2. The maximum Gasteiger partial charge on any atom is 0.263 e. The average Bonchev–Trinajstić information content (AvgIpc) is 2.66. The number of nitrogens with zero attached hydrogens (tertiary/aromatic N) is 1. The van der Waals surface area contributed by atoms with Crippen molar-refractivity contribution in [2.24, 2.45) is 0 Å². The highest BCUT2D eigenvalue weighted by Crippen LogP contribution is 2.37. The number of amides is 1. The third kappa shape index (κ3) is 3.69. The van der Waals surface area contributed by atoms with Crippen LogP contribution in [0.1, 0.15) is 30.0 Å². The van der Waals surface area contributed by atoms with Crippen LogP contribution < -0.4 is 14.4 Å². The molecular formula is C20H21ClN2O4S. The summed E-state index contributed by atoms with van der Waals surface area (Å²) < 4.78 is 31.6. The summed E-state index contributed by atoms with van der Waals surface area (Å²) in [5.74, 6) is 0.00113. The fraction of sp³-hybridized carbons (Fsp3) is 0.350. The first-order chi connectivity index (χ1) is 13.3. The fourth-order valence-corrected chi connectivity index (χ4v) is 4.92. The van der Waals surface area contributed by atoms with Crippen LogP contribution in [-0.4, -0.2) is 33.2 Å². The number of halogens is 1. The number of nitrogens with one attached hydrogen (secondary N) is 1. The Morgan fingerprint density at radius 2 is 2.04 bits per heavy atom. The Morgan fingerprint density at radius 3 is 2.82 bits per heavy atom. The molecule has 0 fully saturated rings. The summed E-state index contributed by atoms with van der Waals surface area (Å²) in [7, 11) is -3.59. The maximum absolute atomic E-state index is 12.9. The van der Waals surface area contributed by atoms with E-state index in [0.29, 0.717) is 16.5 Å². The molecule has 2 aliphatic rings. The molecule has 0 bridgehead atoms. The van der Waals surface area contributed by atoms with Crippen LogP contribution in [0.4, 0.5) is 5.69 Å². The van der Waals surface area contributed by atoms with E-state index in [1.165, 1.54) is 15.9 Å². The standard InChI is InChI=1S/C20H21ClN2O4S/c1-28(25,26)23-12-19(27-18-10-9-14(21)11-17(18)23)20(24)22-16-8-4-6-13-5-2-3-7-15(13)16/h2-3,5,7,9-11,16,19H,4,6,8,12H2,1H3,(H,22,24)/t16-,19-/m1/s1. The van der Waals surface area contributed by atoms with Crippen LogP contribution in [0.5, 0.6) is 5.75 Å². The van der Waals surface area contributed by atoms with Crippen LogP contribution in [0, 0.1) is 0 Å². The number of sulfonamides is 1. The van der Waals surface area contributed by atoms with Crippen molar-refractivity contribution >= 4 is 33.2 Å². The van der Waals surface area contributed by atoms with Gasteiger partial charge in [0.15, 0.2) is 6.10 Å². The second-order valence-corrected chi connectivity index (χ2v) is 9.51. The number of carbonyl (C=O) groups excluding carboxylic acids is 1. The van der Waals surface area contributed by atoms with Gasteiger partial charge in [-0.1, -0.05) is 35.9 Å². The molecule has 2 aromatic rings. The number of anilines is 1. The van der Waals surface area contributed by atoms with E-state index in [4.69, 9.17) is 16.3 Å². The molecule has 148 valence electrons. The molecule has 0 saturated heterocycles. The topological polar surface area (TPSA) is 75.7 Å². The summed E-state index contributed by atoms with van der Waals surface area (Å²) in [6, 6.07) is 12.7. The summed E-state index contributed by atoms with van der Waals surface area (Å²) in [6.07, 6.45) is 3.01. The largest absolute Gasteiger partial charge is 0.476 e. The maximum atomic E-state index is 12.9. The number of carbonyl (C=O) groups is 1. The van der Waals surface area contributed by atoms with E-state index in [-0.39, 0.29) is 18.5 Å². The lowest BCUT2D eigenvalue weighted by atomic mass is 9.87. The highest BCUT2D eigenvalue weighted by molar-refractivity contribution is 7.92. The lowest BCUT2D eigenvalue weighted by Crippen LogP contribution is -2.51. The predicted molar refractivity (Wildman–Crippen MR) is 108 cm³/mol. The van der Waals surface area contributed by atoms with Gasteiger partial charge in [-0.15, -0.1) is 0 Å². The Bertz CT molecular complexity index is 1020. The van der Waals surface area contributed by atoms with Crippen LogP contribution in [0.15, 0.2) is 42.5 Å². The molecule has 1 aliphatic carbocycles. The van der Waals surface area contributed by atoms with Crippen LogP contribution in [0.25, 0.3) is 0 Å². The molecule has 6 nitrogen and oxygen atoms in total. The van der Waals surface area contributed by atoms with Crippen molar-refractivity contribution in [3.63, 3.8) is 0 Å². The molecule has 1 aliphatic heterocycles. The van der Waals surface area contributed by atoms with E-state index in [9.17, 15) is 13.2 Å². The number of rotatable bonds is 3. The molecule has 1 amide bonds. The van der Waals surface area contributed by atoms with Crippen molar-refractivity contribution in [2.75, 3.05) is 17.1 Å². The fourth-order valence-electron chi connectivity index (χ4n) is 3.84. The van der Waals surface area contributed by atoms with Crippen molar-refractivity contribution in [1.82, 2.24) is 5.32 Å². The van der Waals surface area contributed by atoms with E-state index in [0.717, 1.165) is 31.1 Å². The average molecular weight is 421 g/mol. The van der Waals surface area contributed by atoms with E-state index in [1.807, 2.05) is 18.2 Å². The van der Waals surface area contributed by atoms with Gasteiger partial charge in [0.2, 0.25) is 10.0 Å². The molecule has 1 N–H and O–H groups in total. The van der Waals surface area contributed by atoms with E-state index >= 15 is 0 Å². The Balaban J connectivity index is 1.58. The molecule has 0 radical (unpaired) electrons. The van der Waals surface area contributed by atoms with Gasteiger partial charge in [0, 0.05) is 5.02 Å². The Labute approximate surface area is 169 Å². The first-order valence-corrected chi connectivity index (χ1v) is 11.4. The molecule has 4 rings (SSSR count). The SMILES string of the molecule is CS(=O)(=O)N1C[C@H](C(=O)N[C@@H]2CCCc3ccccc32)Oc2ccc(Cl)cc21. The third-order valence-electron chi connectivity index (χ3n) is 5.17. The minimum absolute atomic E-state index is 0.0909. The van der Waals surface area contributed by atoms with Crippen molar-refractivity contribution in [3.05, 3.63) is 58.6 Å². The second-order valence-electron chi connectivity index (χ2n) is 7.16. The van der Waals surface area contributed by atoms with Gasteiger partial charge in [-0.25, -0.2) is 8.42 Å². The molecule has 0 spiro atoms. The Kier molecular flexibility index (Phi) is 4.97. The zero-order valence-corrected chi connectivity index (χ0v) is 17.0. The van der Waals surface area contributed by atoms with Crippen LogP contribution >= 0.6 is 11.6 Å². The summed E-state index contributed by atoms with van der Waals surface area (Å²) >= 11 is 6.01. The first-order valence-electron chi connectivity index (χ1n) is 9.15. The lowest BCUT2D eigenvalue weighted by Gasteiger charge is -2.35. The van der Waals surface area contributed by atoms with Crippen LogP contribution in [-0.2, 0) is 21.2 Å². The van der Waals surface area contributed by atoms with Crippen LogP contribution in [0.2, 0.25) is 5.02 Å². The predicted octanol–water partition coefficient (Wildman–Crippen LogP) is 3.06. The van der Waals surface area contributed by atoms with E-state index < -0.39 is 16.1 Å². The minimum Gasteiger partial charge on any atom is -0.476 e. The van der Waals surface area contributed by atoms with Crippen molar-refractivity contribution in [2.45, 2.75) is 31.4 Å². The molecule has 8 heteroatoms. The minimum atomic E-state index is -3.59. The zero-order valence-electron chi connectivity index (χ0n) is 15.4. The molecule has 2 aromatic carbocycles. The molecule has 1 heterocycles. The summed E-state index contributed by atoms with van der Waals surface area (Å²) in [5, 5.41) is 3.45. The Morgan fingerprint density at radius 1 is 1.25 bits per heavy atom. The molecule has 0 saturated carbocycles. The highest BCUT2D eigenvalue weighted by Gasteiger charge is 2.36. The molecule has 0 aromatic heterocycles. The van der Waals surface area contributed by atoms with E-state index in [1.54, 1.807) is 12.1 Å². The van der Waals surface area contributed by atoms with Gasteiger partial charge in [-0.3, -0.25) is 9.10 Å². The van der Waals surface area contributed by atoms with Gasteiger partial charge in [0.1, 0.15) is 5.75 Å². The van der Waals surface area contributed by atoms with Gasteiger partial charge in [-0.2, -0.15) is 0 Å². The van der Waals surface area contributed by atoms with Gasteiger partial charge in [0.05, 0.1) is 24.5 Å². The number of hydrogen-bond acceptors (Lipinski definition) is 4. The smallest absolute Gasteiger partial charge is 0.263 e. The number of aryl methyl sites for hydroxylation is 1. The highest BCUT2D eigenvalue weighted by atomic mass is 35.5. The molecule has 0 unspecified atom stereocenters. The summed E-state index contributed by atoms with van der Waals surface area (Å²) in [6.45, 7) is -0.0909. The lowest BCUT2D eigenvalue weighted by molar-refractivity contribution is -0.128. The van der Waals surface area contributed by atoms with Gasteiger partial charge >= 0.3 is 0 Å². The van der Waals surface area contributed by atoms with Crippen molar-refractivity contribution in [1.29, 1.82) is 0 Å². The normalized spacial score (nSPS) is 21.3. The van der Waals surface area contributed by atoms with Gasteiger partial charge in [0.25, 0.3) is 5.91 Å². The van der Waals surface area contributed by atoms with Crippen molar-refractivity contribution < 1.29 is 17.9 Å². The number of hydrogen-bond donors (Lipinski definition) is 1. The quantitative estimate of drug-likeness (QED) is 0.828. The van der Waals surface area contributed by atoms with E-state index in [2.05, 4.69) is 11.4 Å². The van der Waals surface area contributed by atoms with Crippen molar-refractivity contribution in [3.8, 4) is 5.75 Å². The molecular weight excluding hydrogens is 400 g/mol. The first kappa shape index (κ1) is 19.1. The van der Waals surface area contributed by atoms with Gasteiger partial charge < -0.3 is 10.1 Å². The van der Waals surface area contributed by atoms with Crippen LogP contribution in [0.3, 0.4) is 0 Å². The van der Waals surface area contributed by atoms with Gasteiger partial charge in [-0.05, 0) is 48.6 Å². The summed E-state index contributed by atoms with van der Waals surface area (Å²) in [5.41, 5.74) is 2.70. The zero-order chi connectivity index (χ0) is 19.9. The molecule has 28 heavy (non-hydrogen) atoms.